The van der Waals surface area contributed by atoms with Gasteiger partial charge in [-0.2, -0.15) is 0 Å². The summed E-state index contributed by atoms with van der Waals surface area (Å²) in [6.45, 7) is 4.07. The highest BCUT2D eigenvalue weighted by Crippen LogP contribution is 2.38. The third-order valence-corrected chi connectivity index (χ3v) is 5.77. The second-order valence-electron chi connectivity index (χ2n) is 5.94. The fraction of sp³-hybridized carbons (Fsp3) is 0.158. The zero-order chi connectivity index (χ0) is 18.6. The molecule has 0 aliphatic carbocycles. The summed E-state index contributed by atoms with van der Waals surface area (Å²) in [7, 11) is 0. The van der Waals surface area contributed by atoms with Gasteiger partial charge in [0.05, 0.1) is 5.25 Å². The van der Waals surface area contributed by atoms with E-state index in [0.29, 0.717) is 11.8 Å². The van der Waals surface area contributed by atoms with Crippen LogP contribution < -0.4 is 5.32 Å². The van der Waals surface area contributed by atoms with Crippen molar-refractivity contribution < 1.29 is 4.42 Å². The van der Waals surface area contributed by atoms with Crippen molar-refractivity contribution in [1.29, 1.82) is 0 Å². The average Bonchev–Trinajstić information content (AvgIpc) is 3.32. The van der Waals surface area contributed by atoms with Crippen LogP contribution in [0.25, 0.3) is 11.5 Å². The Hall–Kier alpha value is -2.71. The highest BCUT2D eigenvalue weighted by atomic mass is 32.2. The number of rotatable bonds is 6. The molecule has 0 aliphatic heterocycles. The lowest BCUT2D eigenvalue weighted by molar-refractivity contribution is 0.509. The first kappa shape index (κ1) is 17.7. The molecule has 136 valence electrons. The second kappa shape index (κ2) is 7.89. The van der Waals surface area contributed by atoms with E-state index in [-0.39, 0.29) is 5.25 Å². The molecule has 1 atom stereocenters. The molecule has 0 saturated heterocycles. The van der Waals surface area contributed by atoms with Gasteiger partial charge in [0, 0.05) is 11.3 Å². The molecule has 1 N–H and O–H groups in total. The van der Waals surface area contributed by atoms with Crippen LogP contribution in [-0.4, -0.2) is 20.4 Å². The number of nitrogens with zero attached hydrogens (tertiary/aromatic N) is 4. The molecule has 2 aromatic carbocycles. The lowest BCUT2D eigenvalue weighted by atomic mass is 10.2. The molecule has 0 aliphatic rings. The van der Waals surface area contributed by atoms with E-state index >= 15 is 0 Å². The Morgan fingerprint density at radius 3 is 2.67 bits per heavy atom. The minimum atomic E-state index is -0.0188. The van der Waals surface area contributed by atoms with Gasteiger partial charge in [0.25, 0.3) is 0 Å². The van der Waals surface area contributed by atoms with Crippen LogP contribution in [0.5, 0.6) is 0 Å². The molecule has 8 heteroatoms. The number of anilines is 2. The molecule has 2 aromatic heterocycles. The van der Waals surface area contributed by atoms with Crippen LogP contribution in [0.3, 0.4) is 0 Å². The first-order valence-electron chi connectivity index (χ1n) is 8.40. The Morgan fingerprint density at radius 1 is 1.00 bits per heavy atom. The van der Waals surface area contributed by atoms with Crippen molar-refractivity contribution in [2.75, 3.05) is 5.32 Å². The van der Waals surface area contributed by atoms with Crippen molar-refractivity contribution in [2.24, 2.45) is 0 Å². The number of aromatic nitrogens is 4. The third kappa shape index (κ3) is 4.35. The number of thioether (sulfide) groups is 1. The van der Waals surface area contributed by atoms with Crippen LogP contribution in [0.2, 0.25) is 0 Å². The Morgan fingerprint density at radius 2 is 1.85 bits per heavy atom. The lowest BCUT2D eigenvalue weighted by Gasteiger charge is -2.03. The van der Waals surface area contributed by atoms with Gasteiger partial charge >= 0.3 is 0 Å². The third-order valence-electron chi connectivity index (χ3n) is 3.76. The summed E-state index contributed by atoms with van der Waals surface area (Å²) >= 11 is 3.05. The molecule has 6 nitrogen and oxygen atoms in total. The smallest absolute Gasteiger partial charge is 0.247 e. The average molecular weight is 396 g/mol. The highest BCUT2D eigenvalue weighted by molar-refractivity contribution is 8.01. The summed E-state index contributed by atoms with van der Waals surface area (Å²) in [5, 5.41) is 20.8. The predicted molar refractivity (Wildman–Crippen MR) is 108 cm³/mol. The van der Waals surface area contributed by atoms with Crippen molar-refractivity contribution in [3.05, 3.63) is 66.1 Å². The summed E-state index contributed by atoms with van der Waals surface area (Å²) in [4.78, 5) is 0. The van der Waals surface area contributed by atoms with E-state index in [1.807, 2.05) is 49.4 Å². The van der Waals surface area contributed by atoms with Crippen LogP contribution in [0.15, 0.2) is 63.4 Å². The molecule has 0 spiro atoms. The maximum absolute atomic E-state index is 5.82. The van der Waals surface area contributed by atoms with Crippen molar-refractivity contribution in [2.45, 2.75) is 23.4 Å². The molecule has 0 saturated carbocycles. The van der Waals surface area contributed by atoms with Gasteiger partial charge in [-0.3, -0.25) is 0 Å². The summed E-state index contributed by atoms with van der Waals surface area (Å²) in [5.41, 5.74) is 3.10. The van der Waals surface area contributed by atoms with Crippen molar-refractivity contribution in [1.82, 2.24) is 20.4 Å². The monoisotopic (exact) mass is 395 g/mol. The van der Waals surface area contributed by atoms with Crippen molar-refractivity contribution in [3.63, 3.8) is 0 Å². The zero-order valence-corrected chi connectivity index (χ0v) is 16.4. The Kier molecular flexibility index (Phi) is 5.17. The fourth-order valence-electron chi connectivity index (χ4n) is 2.45. The molecule has 4 rings (SSSR count). The fourth-order valence-corrected chi connectivity index (χ4v) is 4.40. The molecule has 0 radical (unpaired) electrons. The van der Waals surface area contributed by atoms with Gasteiger partial charge in [0.15, 0.2) is 4.34 Å². The highest BCUT2D eigenvalue weighted by Gasteiger charge is 2.18. The summed E-state index contributed by atoms with van der Waals surface area (Å²) in [6, 6.07) is 17.9. The molecule has 0 amide bonds. The maximum atomic E-state index is 5.82. The van der Waals surface area contributed by atoms with E-state index in [1.54, 1.807) is 11.8 Å². The van der Waals surface area contributed by atoms with Crippen molar-refractivity contribution in [3.8, 4) is 11.5 Å². The van der Waals surface area contributed by atoms with Crippen LogP contribution in [0.4, 0.5) is 10.8 Å². The van der Waals surface area contributed by atoms with E-state index in [2.05, 4.69) is 44.8 Å². The predicted octanol–water partition coefficient (Wildman–Crippen LogP) is 5.49. The molecule has 0 fully saturated rings. The Bertz CT molecular complexity index is 1030. The van der Waals surface area contributed by atoms with E-state index < -0.39 is 0 Å². The lowest BCUT2D eigenvalue weighted by Crippen LogP contribution is -1.89. The van der Waals surface area contributed by atoms with Gasteiger partial charge in [0.1, 0.15) is 0 Å². The minimum Gasteiger partial charge on any atom is -0.419 e. The SMILES string of the molecule is Cc1cccc(Nc2nnc(S[C@H](C)c3nnc(-c4ccccc4)o3)s2)c1. The van der Waals surface area contributed by atoms with E-state index in [4.69, 9.17) is 4.42 Å². The van der Waals surface area contributed by atoms with Gasteiger partial charge in [-0.15, -0.1) is 20.4 Å². The molecule has 27 heavy (non-hydrogen) atoms. The largest absolute Gasteiger partial charge is 0.419 e. The summed E-state index contributed by atoms with van der Waals surface area (Å²) in [5.74, 6) is 1.10. The number of aryl methyl sites for hydroxylation is 1. The Balaban J connectivity index is 1.42. The molecule has 0 unspecified atom stereocenters. The molecular formula is C19H17N5OS2. The van der Waals surface area contributed by atoms with Gasteiger partial charge < -0.3 is 9.73 Å². The first-order valence-corrected chi connectivity index (χ1v) is 10.1. The number of nitrogens with one attached hydrogen (secondary N) is 1. The molecule has 0 bridgehead atoms. The normalized spacial score (nSPS) is 12.1. The summed E-state index contributed by atoms with van der Waals surface area (Å²) < 4.78 is 6.66. The number of hydrogen-bond donors (Lipinski definition) is 1. The van der Waals surface area contributed by atoms with E-state index in [0.717, 1.165) is 20.7 Å². The van der Waals surface area contributed by atoms with Gasteiger partial charge in [-0.05, 0) is 43.7 Å². The molecule has 2 heterocycles. The summed E-state index contributed by atoms with van der Waals surface area (Å²) in [6.07, 6.45) is 0. The van der Waals surface area contributed by atoms with Crippen molar-refractivity contribution >= 4 is 33.9 Å². The van der Waals surface area contributed by atoms with Gasteiger partial charge in [-0.25, -0.2) is 0 Å². The van der Waals surface area contributed by atoms with Crippen LogP contribution >= 0.6 is 23.1 Å². The quantitative estimate of drug-likeness (QED) is 0.432. The minimum absolute atomic E-state index is 0.0188. The molecular weight excluding hydrogens is 378 g/mol. The Labute approximate surface area is 165 Å². The van der Waals surface area contributed by atoms with Gasteiger partial charge in [-0.1, -0.05) is 53.4 Å². The maximum Gasteiger partial charge on any atom is 0.247 e. The van der Waals surface area contributed by atoms with Gasteiger partial charge in [0.2, 0.25) is 16.9 Å². The number of hydrogen-bond acceptors (Lipinski definition) is 8. The standard InChI is InChI=1S/C19H17N5OS2/c1-12-7-6-10-15(11-12)20-18-23-24-19(27-18)26-13(2)16-21-22-17(25-16)14-8-4-3-5-9-14/h3-11,13H,1-2H3,(H,20,23)/t13-/m1/s1. The van der Waals surface area contributed by atoms with Crippen LogP contribution in [-0.2, 0) is 0 Å². The topological polar surface area (TPSA) is 76.7 Å². The second-order valence-corrected chi connectivity index (χ2v) is 8.50. The van der Waals surface area contributed by atoms with Crippen LogP contribution in [0.1, 0.15) is 23.6 Å². The van der Waals surface area contributed by atoms with E-state index in [1.165, 1.54) is 16.9 Å². The molecule has 4 aromatic rings. The first-order chi connectivity index (χ1) is 13.2. The van der Waals surface area contributed by atoms with E-state index in [9.17, 15) is 0 Å². The zero-order valence-electron chi connectivity index (χ0n) is 14.8. The van der Waals surface area contributed by atoms with Crippen LogP contribution in [0, 0.1) is 6.92 Å². The number of benzene rings is 2.